The molecule has 0 fully saturated rings. The van der Waals surface area contributed by atoms with Crippen LogP contribution in [0.5, 0.6) is 0 Å². The van der Waals surface area contributed by atoms with Crippen molar-refractivity contribution < 1.29 is 9.90 Å². The second kappa shape index (κ2) is 7.22. The Balaban J connectivity index is 2.01. The highest BCUT2D eigenvalue weighted by Gasteiger charge is 2.13. The lowest BCUT2D eigenvalue weighted by Gasteiger charge is -2.16. The molecule has 2 N–H and O–H groups in total. The third-order valence-electron chi connectivity index (χ3n) is 2.97. The summed E-state index contributed by atoms with van der Waals surface area (Å²) in [6.07, 6.45) is 0.608. The van der Waals surface area contributed by atoms with E-state index < -0.39 is 0 Å². The average molecular weight is 334 g/mol. The lowest BCUT2D eigenvalue weighted by atomic mass is 10.1. The fourth-order valence-corrected chi connectivity index (χ4v) is 2.36. The monoisotopic (exact) mass is 333 g/mol. The fraction of sp³-hybridized carbons (Fsp3) is 0.188. The highest BCUT2D eigenvalue weighted by Crippen LogP contribution is 2.12. The summed E-state index contributed by atoms with van der Waals surface area (Å²) in [5, 5.41) is 12.3. The molecular formula is C16H16BrNO2. The Morgan fingerprint density at radius 2 is 1.90 bits per heavy atom. The molecule has 0 aliphatic rings. The van der Waals surface area contributed by atoms with Gasteiger partial charge in [0.2, 0.25) is 0 Å². The number of hydrogen-bond donors (Lipinski definition) is 2. The summed E-state index contributed by atoms with van der Waals surface area (Å²) in [5.41, 5.74) is 1.66. The minimum Gasteiger partial charge on any atom is -0.394 e. The summed E-state index contributed by atoms with van der Waals surface area (Å²) in [4.78, 5) is 12.1. The van der Waals surface area contributed by atoms with Gasteiger partial charge in [-0.15, -0.1) is 0 Å². The predicted octanol–water partition coefficient (Wildman–Crippen LogP) is 2.78. The van der Waals surface area contributed by atoms with Crippen LogP contribution in [-0.4, -0.2) is 23.7 Å². The number of aliphatic hydroxyl groups excluding tert-OH is 1. The van der Waals surface area contributed by atoms with Gasteiger partial charge in [0.05, 0.1) is 12.6 Å². The van der Waals surface area contributed by atoms with E-state index in [2.05, 4.69) is 21.2 Å². The fourth-order valence-electron chi connectivity index (χ4n) is 1.96. The van der Waals surface area contributed by atoms with E-state index in [1.807, 2.05) is 42.5 Å². The minimum absolute atomic E-state index is 0.0887. The summed E-state index contributed by atoms with van der Waals surface area (Å²) >= 11 is 3.34. The molecule has 0 radical (unpaired) electrons. The maximum atomic E-state index is 12.1. The number of hydrogen-bond acceptors (Lipinski definition) is 2. The van der Waals surface area contributed by atoms with Gasteiger partial charge in [0.25, 0.3) is 5.91 Å². The standard InChI is InChI=1S/C16H16BrNO2/c17-14-8-4-7-13(10-14)16(20)18-15(11-19)9-12-5-2-1-3-6-12/h1-8,10,15,19H,9,11H2,(H,18,20)/t15-/m1/s1. The van der Waals surface area contributed by atoms with E-state index in [0.717, 1.165) is 10.0 Å². The highest BCUT2D eigenvalue weighted by molar-refractivity contribution is 9.10. The molecular weight excluding hydrogens is 318 g/mol. The Labute approximate surface area is 126 Å². The Hall–Kier alpha value is -1.65. The van der Waals surface area contributed by atoms with E-state index in [0.29, 0.717) is 12.0 Å². The van der Waals surface area contributed by atoms with Crippen LogP contribution in [-0.2, 0) is 6.42 Å². The molecule has 0 bridgehead atoms. The summed E-state index contributed by atoms with van der Waals surface area (Å²) in [7, 11) is 0. The van der Waals surface area contributed by atoms with Crippen molar-refractivity contribution in [3.8, 4) is 0 Å². The van der Waals surface area contributed by atoms with Crippen LogP contribution < -0.4 is 5.32 Å². The maximum absolute atomic E-state index is 12.1. The van der Waals surface area contributed by atoms with Crippen LogP contribution in [0.3, 0.4) is 0 Å². The second-order valence-corrected chi connectivity index (χ2v) is 5.47. The van der Waals surface area contributed by atoms with E-state index in [-0.39, 0.29) is 18.6 Å². The number of amides is 1. The molecule has 0 unspecified atom stereocenters. The van der Waals surface area contributed by atoms with E-state index in [9.17, 15) is 9.90 Å². The van der Waals surface area contributed by atoms with Gasteiger partial charge in [-0.1, -0.05) is 52.3 Å². The molecule has 0 aromatic heterocycles. The van der Waals surface area contributed by atoms with Crippen molar-refractivity contribution in [3.63, 3.8) is 0 Å². The van der Waals surface area contributed by atoms with Crippen molar-refractivity contribution in [2.45, 2.75) is 12.5 Å². The van der Waals surface area contributed by atoms with Gasteiger partial charge in [-0.05, 0) is 30.2 Å². The van der Waals surface area contributed by atoms with Gasteiger partial charge in [-0.25, -0.2) is 0 Å². The molecule has 2 aromatic rings. The number of carbonyl (C=O) groups excluding carboxylic acids is 1. The van der Waals surface area contributed by atoms with Crippen LogP contribution in [0.2, 0.25) is 0 Å². The molecule has 20 heavy (non-hydrogen) atoms. The molecule has 104 valence electrons. The zero-order valence-electron chi connectivity index (χ0n) is 10.9. The lowest BCUT2D eigenvalue weighted by Crippen LogP contribution is -2.39. The van der Waals surface area contributed by atoms with Crippen LogP contribution in [0.25, 0.3) is 0 Å². The summed E-state index contributed by atoms with van der Waals surface area (Å²) in [6.45, 7) is -0.0887. The first-order chi connectivity index (χ1) is 9.69. The Bertz CT molecular complexity index is 572. The summed E-state index contributed by atoms with van der Waals surface area (Å²) in [6, 6.07) is 16.7. The number of aliphatic hydroxyl groups is 1. The second-order valence-electron chi connectivity index (χ2n) is 4.55. The molecule has 2 aromatic carbocycles. The molecule has 4 heteroatoms. The summed E-state index contributed by atoms with van der Waals surface area (Å²) < 4.78 is 0.855. The predicted molar refractivity (Wildman–Crippen MR) is 82.6 cm³/mol. The number of carbonyl (C=O) groups is 1. The van der Waals surface area contributed by atoms with Gasteiger partial charge in [0.15, 0.2) is 0 Å². The van der Waals surface area contributed by atoms with E-state index in [1.165, 1.54) is 0 Å². The van der Waals surface area contributed by atoms with Crippen LogP contribution in [0.1, 0.15) is 15.9 Å². The van der Waals surface area contributed by atoms with Gasteiger partial charge in [0, 0.05) is 10.0 Å². The first-order valence-corrected chi connectivity index (χ1v) is 7.19. The average Bonchev–Trinajstić information content (AvgIpc) is 2.47. The molecule has 0 aliphatic carbocycles. The van der Waals surface area contributed by atoms with Crippen LogP contribution in [0.15, 0.2) is 59.1 Å². The van der Waals surface area contributed by atoms with Gasteiger partial charge in [0.1, 0.15) is 0 Å². The summed E-state index contributed by atoms with van der Waals surface area (Å²) in [5.74, 6) is -0.179. The van der Waals surface area contributed by atoms with E-state index in [4.69, 9.17) is 0 Å². The lowest BCUT2D eigenvalue weighted by molar-refractivity contribution is 0.0916. The molecule has 1 atom stereocenters. The van der Waals surface area contributed by atoms with Crippen LogP contribution in [0, 0.1) is 0 Å². The molecule has 0 saturated carbocycles. The topological polar surface area (TPSA) is 49.3 Å². The van der Waals surface area contributed by atoms with Gasteiger partial charge < -0.3 is 10.4 Å². The van der Waals surface area contributed by atoms with Gasteiger partial charge in [-0.3, -0.25) is 4.79 Å². The highest BCUT2D eigenvalue weighted by atomic mass is 79.9. The number of benzene rings is 2. The molecule has 0 aliphatic heterocycles. The first kappa shape index (κ1) is 14.8. The molecule has 0 heterocycles. The molecule has 0 saturated heterocycles. The van der Waals surface area contributed by atoms with Crippen molar-refractivity contribution in [1.82, 2.24) is 5.32 Å². The van der Waals surface area contributed by atoms with Crippen molar-refractivity contribution in [2.75, 3.05) is 6.61 Å². The Morgan fingerprint density at radius 1 is 1.15 bits per heavy atom. The van der Waals surface area contributed by atoms with Crippen molar-refractivity contribution in [2.24, 2.45) is 0 Å². The van der Waals surface area contributed by atoms with Crippen molar-refractivity contribution in [3.05, 3.63) is 70.2 Å². The molecule has 3 nitrogen and oxygen atoms in total. The molecule has 1 amide bonds. The van der Waals surface area contributed by atoms with Gasteiger partial charge in [-0.2, -0.15) is 0 Å². The maximum Gasteiger partial charge on any atom is 0.251 e. The molecule has 0 spiro atoms. The Kier molecular flexibility index (Phi) is 5.32. The third-order valence-corrected chi connectivity index (χ3v) is 3.46. The SMILES string of the molecule is O=C(N[C@@H](CO)Cc1ccccc1)c1cccc(Br)c1. The normalized spacial score (nSPS) is 11.9. The van der Waals surface area contributed by atoms with E-state index in [1.54, 1.807) is 12.1 Å². The third kappa shape index (κ3) is 4.18. The van der Waals surface area contributed by atoms with Crippen molar-refractivity contribution >= 4 is 21.8 Å². The van der Waals surface area contributed by atoms with E-state index >= 15 is 0 Å². The quantitative estimate of drug-likeness (QED) is 0.883. The van der Waals surface area contributed by atoms with Crippen molar-refractivity contribution in [1.29, 1.82) is 0 Å². The molecule has 2 rings (SSSR count). The van der Waals surface area contributed by atoms with Crippen LogP contribution in [0.4, 0.5) is 0 Å². The largest absolute Gasteiger partial charge is 0.394 e. The number of nitrogens with one attached hydrogen (secondary N) is 1. The number of rotatable bonds is 5. The van der Waals surface area contributed by atoms with Crippen LogP contribution >= 0.6 is 15.9 Å². The number of halogens is 1. The zero-order valence-corrected chi connectivity index (χ0v) is 12.5. The zero-order chi connectivity index (χ0) is 14.4. The Morgan fingerprint density at radius 3 is 2.55 bits per heavy atom. The van der Waals surface area contributed by atoms with Gasteiger partial charge >= 0.3 is 0 Å². The minimum atomic E-state index is -0.288. The smallest absolute Gasteiger partial charge is 0.251 e. The first-order valence-electron chi connectivity index (χ1n) is 6.40.